The Kier molecular flexibility index (Phi) is 8.84. The minimum atomic E-state index is -0.0842. The first-order chi connectivity index (χ1) is 30.8. The van der Waals surface area contributed by atoms with Crippen LogP contribution in [0.5, 0.6) is 0 Å². The normalized spacial score (nSPS) is 22.2. The van der Waals surface area contributed by atoms with Gasteiger partial charge in [0, 0.05) is 27.8 Å². The minimum absolute atomic E-state index is 0.0842. The van der Waals surface area contributed by atoms with Crippen molar-refractivity contribution >= 4 is 17.1 Å². The van der Waals surface area contributed by atoms with Crippen LogP contribution in [0.3, 0.4) is 0 Å². The van der Waals surface area contributed by atoms with E-state index in [-0.39, 0.29) is 10.8 Å². The molecule has 8 aromatic rings. The molecule has 2 saturated carbocycles. The van der Waals surface area contributed by atoms with E-state index in [1.54, 1.807) is 11.1 Å². The molecule has 5 atom stereocenters. The predicted molar refractivity (Wildman–Crippen MR) is 265 cm³/mol. The molecule has 2 bridgehead atoms. The zero-order valence-electron chi connectivity index (χ0n) is 37.0. The fourth-order valence-corrected chi connectivity index (χ4v) is 13.3. The molecule has 0 saturated heterocycles. The van der Waals surface area contributed by atoms with Gasteiger partial charge in [0.15, 0.2) is 0 Å². The smallest absolute Gasteiger partial charge is 0.0543 e. The first-order valence-corrected chi connectivity index (χ1v) is 23.4. The lowest BCUT2D eigenvalue weighted by molar-refractivity contribution is 0.0426. The molecule has 1 heteroatoms. The summed E-state index contributed by atoms with van der Waals surface area (Å²) >= 11 is 0. The molecule has 308 valence electrons. The average molecular weight is 814 g/mol. The van der Waals surface area contributed by atoms with E-state index >= 15 is 0 Å². The van der Waals surface area contributed by atoms with Crippen LogP contribution >= 0.6 is 0 Å². The van der Waals surface area contributed by atoms with Crippen LogP contribution < -0.4 is 4.90 Å². The van der Waals surface area contributed by atoms with Crippen molar-refractivity contribution in [1.82, 2.24) is 0 Å². The summed E-state index contributed by atoms with van der Waals surface area (Å²) in [5.74, 6) is 3.07. The Morgan fingerprint density at radius 2 is 0.937 bits per heavy atom. The number of hydrogen-bond acceptors (Lipinski definition) is 1. The van der Waals surface area contributed by atoms with E-state index in [1.165, 1.54) is 98.1 Å². The Morgan fingerprint density at radius 3 is 1.62 bits per heavy atom. The van der Waals surface area contributed by atoms with Gasteiger partial charge in [-0.15, -0.1) is 0 Å². The third-order valence-corrected chi connectivity index (χ3v) is 16.0. The van der Waals surface area contributed by atoms with Crippen LogP contribution in [0.1, 0.15) is 75.6 Å². The van der Waals surface area contributed by atoms with E-state index < -0.39 is 0 Å². The van der Waals surface area contributed by atoms with Crippen LogP contribution in [0.25, 0.3) is 55.6 Å². The highest BCUT2D eigenvalue weighted by molar-refractivity contribution is 5.95. The number of hydrogen-bond donors (Lipinski definition) is 0. The lowest BCUT2D eigenvalue weighted by Gasteiger charge is -2.54. The Morgan fingerprint density at radius 1 is 0.413 bits per heavy atom. The second kappa shape index (κ2) is 14.6. The molecule has 8 aromatic carbocycles. The van der Waals surface area contributed by atoms with E-state index in [9.17, 15) is 0 Å². The van der Waals surface area contributed by atoms with Crippen molar-refractivity contribution < 1.29 is 0 Å². The van der Waals surface area contributed by atoms with E-state index in [1.807, 2.05) is 0 Å². The maximum absolute atomic E-state index is 2.56. The van der Waals surface area contributed by atoms with Crippen molar-refractivity contribution in [2.75, 3.05) is 4.90 Å². The van der Waals surface area contributed by atoms with Gasteiger partial charge >= 0.3 is 0 Å². The lowest BCUT2D eigenvalue weighted by Crippen LogP contribution is -2.49. The standard InChI is InChI=1S/C62H55N/c1-40-35-42-37-41(2)62(49(36-40)38-42)56-18-11-8-15-52(56)54-39-48(29-34-57(54)62)47-23-21-44(22-24-47)46-27-32-51(33-28-46)63(50-30-25-45(26-31-50)43-13-6-5-7-14-43)59-20-12-19-58-60(59)53-16-9-10-17-55(53)61(58,3)4/h5-34,39-42,49H,35-38H2,1-4H3. The van der Waals surface area contributed by atoms with Gasteiger partial charge in [-0.3, -0.25) is 0 Å². The molecule has 0 N–H and O–H groups in total. The second-order valence-corrected chi connectivity index (χ2v) is 19.9. The SMILES string of the molecule is CC1CC2CC(C)C3(c4ccccc4-c4cc(-c5ccc(-c6ccc(N(c7ccc(-c8ccccc8)cc7)c7cccc8c7-c7ccccc7C8(C)C)cc6)cc5)ccc43)C(C1)C2. The van der Waals surface area contributed by atoms with Gasteiger partial charge in [-0.25, -0.2) is 0 Å². The highest BCUT2D eigenvalue weighted by Crippen LogP contribution is 2.65. The first-order valence-electron chi connectivity index (χ1n) is 23.4. The van der Waals surface area contributed by atoms with Gasteiger partial charge in [-0.1, -0.05) is 179 Å². The lowest BCUT2D eigenvalue weighted by atomic mass is 9.49. The summed E-state index contributed by atoms with van der Waals surface area (Å²) in [6.45, 7) is 9.79. The summed E-state index contributed by atoms with van der Waals surface area (Å²) in [6, 6.07) is 70.9. The third kappa shape index (κ3) is 5.89. The predicted octanol–water partition coefficient (Wildman–Crippen LogP) is 16.8. The molecular weight excluding hydrogens is 759 g/mol. The van der Waals surface area contributed by atoms with Gasteiger partial charge in [0.05, 0.1) is 5.69 Å². The molecule has 1 nitrogen and oxygen atoms in total. The number of nitrogens with zero attached hydrogens (tertiary/aromatic N) is 1. The van der Waals surface area contributed by atoms with Gasteiger partial charge in [0.1, 0.15) is 0 Å². The van der Waals surface area contributed by atoms with Crippen LogP contribution in [-0.2, 0) is 10.8 Å². The van der Waals surface area contributed by atoms with Crippen LogP contribution in [0.15, 0.2) is 188 Å². The van der Waals surface area contributed by atoms with Crippen LogP contribution in [0.2, 0.25) is 0 Å². The molecule has 1 spiro atoms. The first kappa shape index (κ1) is 38.3. The number of benzene rings is 8. The van der Waals surface area contributed by atoms with Crippen LogP contribution in [0.4, 0.5) is 17.1 Å². The van der Waals surface area contributed by atoms with Gasteiger partial charge in [0.25, 0.3) is 0 Å². The minimum Gasteiger partial charge on any atom is -0.310 e. The van der Waals surface area contributed by atoms with Crippen molar-refractivity contribution in [3.63, 3.8) is 0 Å². The van der Waals surface area contributed by atoms with Crippen molar-refractivity contribution in [2.45, 2.75) is 64.2 Å². The molecule has 5 unspecified atom stereocenters. The summed E-state index contributed by atoms with van der Waals surface area (Å²) in [4.78, 5) is 2.45. The highest BCUT2D eigenvalue weighted by atomic mass is 15.1. The number of fused-ring (bicyclic) bond motifs is 11. The molecule has 0 aromatic heterocycles. The molecule has 0 aliphatic heterocycles. The Balaban J connectivity index is 0.888. The highest BCUT2D eigenvalue weighted by Gasteiger charge is 2.56. The number of anilines is 3. The summed E-state index contributed by atoms with van der Waals surface area (Å²) in [6.07, 6.45) is 5.49. The van der Waals surface area contributed by atoms with E-state index in [0.29, 0.717) is 5.92 Å². The maximum Gasteiger partial charge on any atom is 0.0543 e. The summed E-state index contributed by atoms with van der Waals surface area (Å²) in [5, 5.41) is 0. The maximum atomic E-state index is 2.56. The molecule has 0 amide bonds. The molecular formula is C62H55N. The summed E-state index contributed by atoms with van der Waals surface area (Å²) in [5.41, 5.74) is 22.5. The molecule has 0 radical (unpaired) electrons. The topological polar surface area (TPSA) is 3.24 Å². The van der Waals surface area contributed by atoms with Crippen LogP contribution in [-0.4, -0.2) is 0 Å². The zero-order chi connectivity index (χ0) is 42.5. The molecule has 63 heavy (non-hydrogen) atoms. The van der Waals surface area contributed by atoms with Gasteiger partial charge < -0.3 is 4.90 Å². The average Bonchev–Trinajstić information content (AvgIpc) is 3.75. The largest absolute Gasteiger partial charge is 0.310 e. The molecule has 0 heterocycles. The third-order valence-electron chi connectivity index (χ3n) is 16.0. The van der Waals surface area contributed by atoms with Crippen molar-refractivity contribution in [3.8, 4) is 55.6 Å². The van der Waals surface area contributed by atoms with E-state index in [2.05, 4.69) is 221 Å². The monoisotopic (exact) mass is 813 g/mol. The summed E-state index contributed by atoms with van der Waals surface area (Å²) < 4.78 is 0. The fourth-order valence-electron chi connectivity index (χ4n) is 13.3. The second-order valence-electron chi connectivity index (χ2n) is 19.9. The molecule has 4 aliphatic rings. The van der Waals surface area contributed by atoms with Crippen molar-refractivity contribution in [2.24, 2.45) is 23.7 Å². The number of rotatable bonds is 6. The Bertz CT molecular complexity index is 3010. The quantitative estimate of drug-likeness (QED) is 0.162. The molecule has 2 fully saturated rings. The van der Waals surface area contributed by atoms with Gasteiger partial charge in [-0.2, -0.15) is 0 Å². The van der Waals surface area contributed by atoms with Crippen molar-refractivity contribution in [1.29, 1.82) is 0 Å². The summed E-state index contributed by atoms with van der Waals surface area (Å²) in [7, 11) is 0. The van der Waals surface area contributed by atoms with Gasteiger partial charge in [0.2, 0.25) is 0 Å². The fraction of sp³-hybridized carbons (Fsp3) is 0.226. The molecule has 12 rings (SSSR count). The van der Waals surface area contributed by atoms with Crippen molar-refractivity contribution in [3.05, 3.63) is 210 Å². The van der Waals surface area contributed by atoms with Crippen LogP contribution in [0, 0.1) is 23.7 Å². The zero-order valence-corrected chi connectivity index (χ0v) is 37.0. The van der Waals surface area contributed by atoms with Gasteiger partial charge in [-0.05, 0) is 158 Å². The molecule has 4 aliphatic carbocycles. The van der Waals surface area contributed by atoms with E-state index in [0.717, 1.165) is 29.1 Å². The van der Waals surface area contributed by atoms with E-state index in [4.69, 9.17) is 0 Å². The Labute approximate surface area is 374 Å². The Hall–Kier alpha value is -6.44.